The SMILES string of the molecule is COc1cccc(-c2cc(CNC(=O)C[C@@H]3CNCCO3)on2)c1. The van der Waals surface area contributed by atoms with Gasteiger partial charge >= 0.3 is 0 Å². The molecule has 0 saturated carbocycles. The van der Waals surface area contributed by atoms with Crippen LogP contribution < -0.4 is 15.4 Å². The van der Waals surface area contributed by atoms with Crippen molar-refractivity contribution in [1.82, 2.24) is 15.8 Å². The van der Waals surface area contributed by atoms with Gasteiger partial charge in [0.1, 0.15) is 11.4 Å². The van der Waals surface area contributed by atoms with Crippen LogP contribution in [0.4, 0.5) is 0 Å². The molecule has 0 unspecified atom stereocenters. The number of carbonyl (C=O) groups excluding carboxylic acids is 1. The first-order valence-corrected chi connectivity index (χ1v) is 7.93. The molecule has 24 heavy (non-hydrogen) atoms. The molecule has 7 heteroatoms. The standard InChI is InChI=1S/C17H21N3O4/c1-22-13-4-2-3-12(7-13)16-8-15(24-20-16)11-19-17(21)9-14-10-18-5-6-23-14/h2-4,7-8,14,18H,5-6,9-11H2,1H3,(H,19,21)/t14-/m1/s1. The summed E-state index contributed by atoms with van der Waals surface area (Å²) in [6.45, 7) is 2.48. The number of rotatable bonds is 6. The Morgan fingerprint density at radius 1 is 1.46 bits per heavy atom. The van der Waals surface area contributed by atoms with Crippen molar-refractivity contribution >= 4 is 5.91 Å². The van der Waals surface area contributed by atoms with Crippen LogP contribution in [0.2, 0.25) is 0 Å². The molecule has 2 heterocycles. The van der Waals surface area contributed by atoms with Crippen molar-refractivity contribution in [2.45, 2.75) is 19.1 Å². The predicted molar refractivity (Wildman–Crippen MR) is 87.6 cm³/mol. The summed E-state index contributed by atoms with van der Waals surface area (Å²) < 4.78 is 16.0. The van der Waals surface area contributed by atoms with Crippen LogP contribution in [0.3, 0.4) is 0 Å². The van der Waals surface area contributed by atoms with E-state index in [0.717, 1.165) is 17.9 Å². The highest BCUT2D eigenvalue weighted by atomic mass is 16.5. The van der Waals surface area contributed by atoms with Crippen molar-refractivity contribution in [2.75, 3.05) is 26.8 Å². The van der Waals surface area contributed by atoms with Crippen molar-refractivity contribution < 1.29 is 18.8 Å². The lowest BCUT2D eigenvalue weighted by molar-refractivity contribution is -0.124. The van der Waals surface area contributed by atoms with Gasteiger partial charge in [0.2, 0.25) is 5.91 Å². The molecule has 0 aliphatic carbocycles. The fourth-order valence-electron chi connectivity index (χ4n) is 2.53. The highest BCUT2D eigenvalue weighted by molar-refractivity contribution is 5.76. The number of methoxy groups -OCH3 is 1. The maximum atomic E-state index is 11.9. The van der Waals surface area contributed by atoms with Crippen LogP contribution >= 0.6 is 0 Å². The van der Waals surface area contributed by atoms with E-state index in [9.17, 15) is 4.79 Å². The number of carbonyl (C=O) groups is 1. The molecule has 1 saturated heterocycles. The zero-order valence-electron chi connectivity index (χ0n) is 13.6. The van der Waals surface area contributed by atoms with Crippen LogP contribution in [0.1, 0.15) is 12.2 Å². The van der Waals surface area contributed by atoms with Gasteiger partial charge in [0, 0.05) is 24.7 Å². The lowest BCUT2D eigenvalue weighted by Gasteiger charge is -2.22. The Kier molecular flexibility index (Phi) is 5.45. The number of nitrogens with one attached hydrogen (secondary N) is 2. The molecule has 128 valence electrons. The molecular formula is C17H21N3O4. The van der Waals surface area contributed by atoms with E-state index in [2.05, 4.69) is 15.8 Å². The number of hydrogen-bond acceptors (Lipinski definition) is 6. The van der Waals surface area contributed by atoms with Crippen LogP contribution in [-0.2, 0) is 16.1 Å². The number of morpholine rings is 1. The lowest BCUT2D eigenvalue weighted by Crippen LogP contribution is -2.41. The molecule has 0 radical (unpaired) electrons. The Balaban J connectivity index is 1.53. The highest BCUT2D eigenvalue weighted by Gasteiger charge is 2.17. The third kappa shape index (κ3) is 4.33. The molecule has 1 atom stereocenters. The molecule has 2 N–H and O–H groups in total. The summed E-state index contributed by atoms with van der Waals surface area (Å²) in [6, 6.07) is 9.38. The van der Waals surface area contributed by atoms with Crippen LogP contribution in [0.15, 0.2) is 34.9 Å². The first-order valence-electron chi connectivity index (χ1n) is 7.93. The number of amides is 1. The van der Waals surface area contributed by atoms with E-state index in [1.54, 1.807) is 7.11 Å². The third-order valence-corrected chi connectivity index (χ3v) is 3.80. The van der Waals surface area contributed by atoms with Gasteiger partial charge in [-0.2, -0.15) is 0 Å². The van der Waals surface area contributed by atoms with Crippen LogP contribution in [0, 0.1) is 0 Å². The van der Waals surface area contributed by atoms with Gasteiger partial charge in [-0.05, 0) is 12.1 Å². The molecule has 0 spiro atoms. The fourth-order valence-corrected chi connectivity index (χ4v) is 2.53. The topological polar surface area (TPSA) is 85.6 Å². The maximum Gasteiger partial charge on any atom is 0.223 e. The van der Waals surface area contributed by atoms with E-state index in [0.29, 0.717) is 37.6 Å². The lowest BCUT2D eigenvalue weighted by atomic mass is 10.1. The summed E-state index contributed by atoms with van der Waals surface area (Å²) in [6.07, 6.45) is 0.268. The van der Waals surface area contributed by atoms with Crippen molar-refractivity contribution in [2.24, 2.45) is 0 Å². The number of benzene rings is 1. The van der Waals surface area contributed by atoms with Gasteiger partial charge in [0.15, 0.2) is 5.76 Å². The maximum absolute atomic E-state index is 11.9. The number of nitrogens with zero attached hydrogens (tertiary/aromatic N) is 1. The van der Waals surface area contributed by atoms with Crippen LogP contribution in [0.25, 0.3) is 11.3 Å². The minimum absolute atomic E-state index is 0.0666. The van der Waals surface area contributed by atoms with Gasteiger partial charge in [-0.25, -0.2) is 0 Å². The Hall–Kier alpha value is -2.38. The molecule has 1 aromatic carbocycles. The largest absolute Gasteiger partial charge is 0.497 e. The molecule has 1 amide bonds. The number of aromatic nitrogens is 1. The van der Waals surface area contributed by atoms with Crippen molar-refractivity contribution in [3.05, 3.63) is 36.1 Å². The predicted octanol–water partition coefficient (Wildman–Crippen LogP) is 1.34. The van der Waals surface area contributed by atoms with E-state index in [-0.39, 0.29) is 12.0 Å². The molecule has 3 rings (SSSR count). The number of hydrogen-bond donors (Lipinski definition) is 2. The van der Waals surface area contributed by atoms with E-state index in [4.69, 9.17) is 14.0 Å². The molecular weight excluding hydrogens is 310 g/mol. The molecule has 1 aliphatic heterocycles. The minimum Gasteiger partial charge on any atom is -0.497 e. The van der Waals surface area contributed by atoms with Gasteiger partial charge < -0.3 is 24.6 Å². The molecule has 1 fully saturated rings. The van der Waals surface area contributed by atoms with Gasteiger partial charge in [-0.3, -0.25) is 4.79 Å². The monoisotopic (exact) mass is 331 g/mol. The normalized spacial score (nSPS) is 17.5. The molecule has 7 nitrogen and oxygen atoms in total. The minimum atomic E-state index is -0.0687. The molecule has 2 aromatic rings. The smallest absolute Gasteiger partial charge is 0.223 e. The summed E-state index contributed by atoms with van der Waals surface area (Å²) in [5.74, 6) is 1.29. The van der Waals surface area contributed by atoms with E-state index >= 15 is 0 Å². The summed E-state index contributed by atoms with van der Waals surface area (Å²) in [5.41, 5.74) is 1.61. The molecule has 0 bridgehead atoms. The van der Waals surface area contributed by atoms with Crippen molar-refractivity contribution in [3.63, 3.8) is 0 Å². The highest BCUT2D eigenvalue weighted by Crippen LogP contribution is 2.23. The summed E-state index contributed by atoms with van der Waals surface area (Å²) in [4.78, 5) is 11.9. The molecule has 1 aliphatic rings. The van der Waals surface area contributed by atoms with E-state index < -0.39 is 0 Å². The van der Waals surface area contributed by atoms with Crippen LogP contribution in [0.5, 0.6) is 5.75 Å². The Morgan fingerprint density at radius 2 is 2.38 bits per heavy atom. The fraction of sp³-hybridized carbons (Fsp3) is 0.412. The van der Waals surface area contributed by atoms with Gasteiger partial charge in [0.05, 0.1) is 32.8 Å². The average Bonchev–Trinajstić information content (AvgIpc) is 3.10. The van der Waals surface area contributed by atoms with E-state index in [1.807, 2.05) is 30.3 Å². The van der Waals surface area contributed by atoms with Gasteiger partial charge in [-0.1, -0.05) is 17.3 Å². The van der Waals surface area contributed by atoms with Crippen molar-refractivity contribution in [3.8, 4) is 17.0 Å². The van der Waals surface area contributed by atoms with Gasteiger partial charge in [0.25, 0.3) is 0 Å². The zero-order chi connectivity index (χ0) is 16.8. The first kappa shape index (κ1) is 16.5. The van der Waals surface area contributed by atoms with Crippen LogP contribution in [-0.4, -0.2) is 44.0 Å². The summed E-state index contributed by atoms with van der Waals surface area (Å²) >= 11 is 0. The third-order valence-electron chi connectivity index (χ3n) is 3.80. The second kappa shape index (κ2) is 7.94. The first-order chi connectivity index (χ1) is 11.7. The number of ether oxygens (including phenoxy) is 2. The zero-order valence-corrected chi connectivity index (χ0v) is 13.6. The summed E-state index contributed by atoms with van der Waals surface area (Å²) in [5, 5.41) is 10.1. The Bertz CT molecular complexity index is 680. The van der Waals surface area contributed by atoms with Gasteiger partial charge in [-0.15, -0.1) is 0 Å². The second-order valence-corrected chi connectivity index (χ2v) is 5.59. The quantitative estimate of drug-likeness (QED) is 0.831. The average molecular weight is 331 g/mol. The Labute approximate surface area is 140 Å². The van der Waals surface area contributed by atoms with E-state index in [1.165, 1.54) is 0 Å². The molecule has 1 aromatic heterocycles. The van der Waals surface area contributed by atoms with Crippen molar-refractivity contribution in [1.29, 1.82) is 0 Å². The Morgan fingerprint density at radius 3 is 3.17 bits per heavy atom. The summed E-state index contributed by atoms with van der Waals surface area (Å²) in [7, 11) is 1.62. The second-order valence-electron chi connectivity index (χ2n) is 5.59.